The molecule has 0 aromatic heterocycles. The van der Waals surface area contributed by atoms with Crippen LogP contribution in [-0.2, 0) is 6.42 Å². The fourth-order valence-electron chi connectivity index (χ4n) is 7.64. The van der Waals surface area contributed by atoms with Gasteiger partial charge in [-0.2, -0.15) is 0 Å². The molecule has 0 spiro atoms. The molecule has 0 aliphatic carbocycles. The van der Waals surface area contributed by atoms with Gasteiger partial charge in [0.2, 0.25) is 0 Å². The Balaban J connectivity index is 1.19. The van der Waals surface area contributed by atoms with Crippen molar-refractivity contribution in [3.8, 4) is 22.3 Å². The van der Waals surface area contributed by atoms with E-state index in [0.29, 0.717) is 0 Å². The van der Waals surface area contributed by atoms with Gasteiger partial charge in [0.25, 0.3) is 0 Å². The Hall–Kier alpha value is -5.70. The molecule has 0 radical (unpaired) electrons. The highest BCUT2D eigenvalue weighted by molar-refractivity contribution is 6.17. The van der Waals surface area contributed by atoms with Crippen molar-refractivity contribution in [1.82, 2.24) is 0 Å². The van der Waals surface area contributed by atoms with Gasteiger partial charge in [-0.3, -0.25) is 0 Å². The van der Waals surface area contributed by atoms with Crippen LogP contribution in [0.2, 0.25) is 0 Å². The Kier molecular flexibility index (Phi) is 9.09. The second-order valence-electron chi connectivity index (χ2n) is 14.5. The number of nitrogens with zero attached hydrogens (tertiary/aromatic N) is 1. The first-order valence-corrected chi connectivity index (χ1v) is 18.6. The molecule has 8 aromatic rings. The number of aryl methyl sites for hydroxylation is 2. The average molecular weight is 676 g/mol. The first-order chi connectivity index (χ1) is 25.4. The summed E-state index contributed by atoms with van der Waals surface area (Å²) in [4.78, 5) is 2.41. The Morgan fingerprint density at radius 2 is 1.08 bits per heavy atom. The van der Waals surface area contributed by atoms with Gasteiger partial charge < -0.3 is 10.0 Å². The molecule has 1 unspecified atom stereocenters. The van der Waals surface area contributed by atoms with Crippen molar-refractivity contribution in [1.29, 1.82) is 0 Å². The molecule has 256 valence electrons. The predicted octanol–water partition coefficient (Wildman–Crippen LogP) is 13.7. The van der Waals surface area contributed by atoms with Crippen LogP contribution in [0.1, 0.15) is 44.2 Å². The summed E-state index contributed by atoms with van der Waals surface area (Å²) in [6.45, 7) is 6.22. The molecular formula is C50H45NO. The van der Waals surface area contributed by atoms with E-state index >= 15 is 0 Å². The van der Waals surface area contributed by atoms with E-state index in [-0.39, 0.29) is 0 Å². The van der Waals surface area contributed by atoms with Crippen LogP contribution in [0.4, 0.5) is 17.1 Å². The zero-order valence-electron chi connectivity index (χ0n) is 30.3. The van der Waals surface area contributed by atoms with Crippen molar-refractivity contribution < 1.29 is 5.11 Å². The fraction of sp³-hybridized carbons (Fsp3) is 0.160. The van der Waals surface area contributed by atoms with Crippen molar-refractivity contribution in [3.63, 3.8) is 0 Å². The minimum Gasteiger partial charge on any atom is -0.390 e. The van der Waals surface area contributed by atoms with E-state index in [1.165, 1.54) is 65.7 Å². The van der Waals surface area contributed by atoms with Gasteiger partial charge in [-0.1, -0.05) is 140 Å². The quantitative estimate of drug-likeness (QED) is 0.146. The summed E-state index contributed by atoms with van der Waals surface area (Å²) in [7, 11) is 0. The molecule has 8 aromatic carbocycles. The van der Waals surface area contributed by atoms with Gasteiger partial charge in [0, 0.05) is 17.1 Å². The van der Waals surface area contributed by atoms with Gasteiger partial charge in [-0.15, -0.1) is 0 Å². The number of rotatable bonds is 10. The predicted molar refractivity (Wildman–Crippen MR) is 223 cm³/mol. The normalized spacial score (nSPS) is 12.7. The van der Waals surface area contributed by atoms with E-state index in [1.807, 2.05) is 6.92 Å². The number of benzene rings is 8. The maximum Gasteiger partial charge on any atom is 0.0617 e. The topological polar surface area (TPSA) is 23.5 Å². The minimum atomic E-state index is -0.603. The lowest BCUT2D eigenvalue weighted by atomic mass is 9.94. The number of hydrogen-bond donors (Lipinski definition) is 1. The summed E-state index contributed by atoms with van der Waals surface area (Å²) in [5.41, 5.74) is 10.2. The van der Waals surface area contributed by atoms with Crippen LogP contribution >= 0.6 is 0 Å². The lowest BCUT2D eigenvalue weighted by Crippen LogP contribution is -2.22. The van der Waals surface area contributed by atoms with E-state index in [0.717, 1.165) is 42.7 Å². The average Bonchev–Trinajstić information content (AvgIpc) is 3.19. The standard InChI is InChI=1S/C50H45NO/c1-4-50(3,52)32-10-11-36-16-31-49(35(2)33-36)51(43-26-21-40(22-27-43)39-19-17-38(18-20-39)37-12-6-5-7-13-37)44-28-23-42-25-29-46-45-15-9-8-14-41(45)24-30-47(46)48(42)34-44/h5-9,12-31,33-34,52H,4,10-11,32H2,1-3H3. The molecule has 0 bridgehead atoms. The molecule has 0 aliphatic heterocycles. The molecular weight excluding hydrogens is 631 g/mol. The molecule has 0 saturated heterocycles. The van der Waals surface area contributed by atoms with E-state index in [2.05, 4.69) is 183 Å². The largest absolute Gasteiger partial charge is 0.390 e. The molecule has 0 aliphatic rings. The first kappa shape index (κ1) is 33.4. The molecule has 2 heteroatoms. The number of aliphatic hydroxyl groups is 1. The molecule has 2 nitrogen and oxygen atoms in total. The van der Waals surface area contributed by atoms with E-state index in [1.54, 1.807) is 0 Å². The third-order valence-corrected chi connectivity index (χ3v) is 10.9. The highest BCUT2D eigenvalue weighted by Gasteiger charge is 2.19. The van der Waals surface area contributed by atoms with Crippen molar-refractivity contribution in [3.05, 3.63) is 175 Å². The Morgan fingerprint density at radius 1 is 0.519 bits per heavy atom. The summed E-state index contributed by atoms with van der Waals surface area (Å²) >= 11 is 0. The van der Waals surface area contributed by atoms with Crippen LogP contribution in [0.3, 0.4) is 0 Å². The van der Waals surface area contributed by atoms with E-state index < -0.39 is 5.60 Å². The van der Waals surface area contributed by atoms with E-state index in [4.69, 9.17) is 0 Å². The Bertz CT molecular complexity index is 2500. The van der Waals surface area contributed by atoms with Gasteiger partial charge in [-0.25, -0.2) is 0 Å². The minimum absolute atomic E-state index is 0.603. The zero-order valence-corrected chi connectivity index (χ0v) is 30.3. The molecule has 1 N–H and O–H groups in total. The van der Waals surface area contributed by atoms with Crippen molar-refractivity contribution in [2.45, 2.75) is 52.1 Å². The second-order valence-corrected chi connectivity index (χ2v) is 14.5. The second kappa shape index (κ2) is 14.1. The number of hydrogen-bond acceptors (Lipinski definition) is 2. The van der Waals surface area contributed by atoms with Gasteiger partial charge in [0.1, 0.15) is 0 Å². The Labute approximate surface area is 307 Å². The zero-order chi connectivity index (χ0) is 35.7. The van der Waals surface area contributed by atoms with Gasteiger partial charge in [0.05, 0.1) is 5.60 Å². The molecule has 0 heterocycles. The highest BCUT2D eigenvalue weighted by atomic mass is 16.3. The highest BCUT2D eigenvalue weighted by Crippen LogP contribution is 2.41. The summed E-state index contributed by atoms with van der Waals surface area (Å²) in [6.07, 6.45) is 3.49. The smallest absolute Gasteiger partial charge is 0.0617 e. The van der Waals surface area contributed by atoms with Crippen LogP contribution in [0.25, 0.3) is 54.6 Å². The lowest BCUT2D eigenvalue weighted by molar-refractivity contribution is 0.0450. The van der Waals surface area contributed by atoms with Crippen LogP contribution in [-0.4, -0.2) is 10.7 Å². The molecule has 0 amide bonds. The molecule has 52 heavy (non-hydrogen) atoms. The van der Waals surface area contributed by atoms with Crippen molar-refractivity contribution >= 4 is 49.4 Å². The molecule has 0 saturated carbocycles. The van der Waals surface area contributed by atoms with Gasteiger partial charge >= 0.3 is 0 Å². The summed E-state index contributed by atoms with van der Waals surface area (Å²) < 4.78 is 0. The third kappa shape index (κ3) is 6.70. The number of anilines is 3. The van der Waals surface area contributed by atoms with Crippen LogP contribution < -0.4 is 4.90 Å². The summed E-state index contributed by atoms with van der Waals surface area (Å²) in [5.74, 6) is 0. The summed E-state index contributed by atoms with van der Waals surface area (Å²) in [6, 6.07) is 59.8. The van der Waals surface area contributed by atoms with Crippen LogP contribution in [0, 0.1) is 6.92 Å². The van der Waals surface area contributed by atoms with Crippen LogP contribution in [0.5, 0.6) is 0 Å². The Morgan fingerprint density at radius 3 is 1.75 bits per heavy atom. The lowest BCUT2D eigenvalue weighted by Gasteiger charge is -2.28. The van der Waals surface area contributed by atoms with Gasteiger partial charge in [-0.05, 0) is 136 Å². The summed E-state index contributed by atoms with van der Waals surface area (Å²) in [5, 5.41) is 18.1. The van der Waals surface area contributed by atoms with Crippen LogP contribution in [0.15, 0.2) is 164 Å². The van der Waals surface area contributed by atoms with Crippen molar-refractivity contribution in [2.75, 3.05) is 4.90 Å². The third-order valence-electron chi connectivity index (χ3n) is 10.9. The molecule has 1 atom stereocenters. The van der Waals surface area contributed by atoms with Gasteiger partial charge in [0.15, 0.2) is 0 Å². The molecule has 0 fully saturated rings. The fourth-order valence-corrected chi connectivity index (χ4v) is 7.64. The number of fused-ring (bicyclic) bond motifs is 5. The maximum atomic E-state index is 10.6. The first-order valence-electron chi connectivity index (χ1n) is 18.6. The van der Waals surface area contributed by atoms with Crippen molar-refractivity contribution in [2.24, 2.45) is 0 Å². The molecule has 8 rings (SSSR count). The monoisotopic (exact) mass is 675 g/mol. The SMILES string of the molecule is CCC(C)(O)CCCc1ccc(N(c2ccc(-c3ccc(-c4ccccc4)cc3)cc2)c2ccc3ccc4c5ccccc5ccc4c3c2)c(C)c1. The van der Waals surface area contributed by atoms with E-state index in [9.17, 15) is 5.11 Å². The maximum absolute atomic E-state index is 10.6.